The number of carbonyl (C=O) groups excluding carboxylic acids is 2. The van der Waals surface area contributed by atoms with Gasteiger partial charge in [0.2, 0.25) is 0 Å². The first-order valence-corrected chi connectivity index (χ1v) is 11.2. The Balaban J connectivity index is 1.26. The van der Waals surface area contributed by atoms with Gasteiger partial charge in [-0.1, -0.05) is 37.1 Å². The first-order valence-electron chi connectivity index (χ1n) is 11.2. The maximum absolute atomic E-state index is 13.2. The van der Waals surface area contributed by atoms with E-state index in [9.17, 15) is 9.59 Å². The third-order valence-electron chi connectivity index (χ3n) is 6.57. The number of ether oxygens (including phenoxy) is 4. The van der Waals surface area contributed by atoms with Crippen molar-refractivity contribution in [2.24, 2.45) is 0 Å². The maximum Gasteiger partial charge on any atom is 0.317 e. The Morgan fingerprint density at radius 2 is 1.69 bits per heavy atom. The second-order valence-electron chi connectivity index (χ2n) is 8.52. The molecule has 1 atom stereocenters. The average molecular weight is 437 g/mol. The smallest absolute Gasteiger partial charge is 0.317 e. The summed E-state index contributed by atoms with van der Waals surface area (Å²) in [5.41, 5.74) is 1.06. The largest absolute Gasteiger partial charge is 0.493 e. The maximum atomic E-state index is 13.2. The topological polar surface area (TPSA) is 83.1 Å². The SMILES string of the molecule is O=C(COC(=O)C1(c2ccc3c(c2)OCCO3)CCCC1)NC1CCOc2ccccc21. The van der Waals surface area contributed by atoms with Crippen molar-refractivity contribution in [1.82, 2.24) is 5.32 Å². The molecule has 1 aliphatic carbocycles. The van der Waals surface area contributed by atoms with Crippen LogP contribution in [0.15, 0.2) is 42.5 Å². The van der Waals surface area contributed by atoms with Crippen LogP contribution in [0.25, 0.3) is 0 Å². The van der Waals surface area contributed by atoms with Gasteiger partial charge in [-0.3, -0.25) is 9.59 Å². The number of nitrogens with one attached hydrogen (secondary N) is 1. The van der Waals surface area contributed by atoms with Gasteiger partial charge in [0.25, 0.3) is 5.91 Å². The summed E-state index contributed by atoms with van der Waals surface area (Å²) in [4.78, 5) is 25.8. The van der Waals surface area contributed by atoms with Crippen molar-refractivity contribution >= 4 is 11.9 Å². The van der Waals surface area contributed by atoms with Crippen LogP contribution in [0, 0.1) is 0 Å². The lowest BCUT2D eigenvalue weighted by molar-refractivity contribution is -0.154. The fraction of sp³-hybridized carbons (Fsp3) is 0.440. The minimum absolute atomic E-state index is 0.149. The number of fused-ring (bicyclic) bond motifs is 2. The lowest BCUT2D eigenvalue weighted by Gasteiger charge is -2.29. The van der Waals surface area contributed by atoms with Gasteiger partial charge in [-0.2, -0.15) is 0 Å². The molecule has 168 valence electrons. The number of rotatable bonds is 5. The van der Waals surface area contributed by atoms with Crippen LogP contribution in [-0.4, -0.2) is 38.3 Å². The number of hydrogen-bond donors (Lipinski definition) is 1. The van der Waals surface area contributed by atoms with E-state index in [-0.39, 0.29) is 24.5 Å². The predicted octanol–water partition coefficient (Wildman–Crippen LogP) is 3.45. The summed E-state index contributed by atoms with van der Waals surface area (Å²) in [6.07, 6.45) is 3.95. The van der Waals surface area contributed by atoms with Crippen LogP contribution in [0.5, 0.6) is 17.2 Å². The van der Waals surface area contributed by atoms with Gasteiger partial charge in [0.05, 0.1) is 18.1 Å². The van der Waals surface area contributed by atoms with Crippen molar-refractivity contribution in [3.05, 3.63) is 53.6 Å². The molecule has 7 nitrogen and oxygen atoms in total. The molecule has 1 saturated carbocycles. The zero-order valence-corrected chi connectivity index (χ0v) is 17.9. The molecule has 2 aliphatic heterocycles. The Morgan fingerprint density at radius 1 is 0.938 bits per heavy atom. The molecule has 2 aromatic rings. The summed E-state index contributed by atoms with van der Waals surface area (Å²) in [7, 11) is 0. The molecule has 1 N–H and O–H groups in total. The van der Waals surface area contributed by atoms with E-state index in [2.05, 4.69) is 5.32 Å². The summed E-state index contributed by atoms with van der Waals surface area (Å²) in [6.45, 7) is 1.25. The van der Waals surface area contributed by atoms with Crippen molar-refractivity contribution in [3.8, 4) is 17.2 Å². The van der Waals surface area contributed by atoms with Gasteiger partial charge in [-0.25, -0.2) is 0 Å². The highest BCUT2D eigenvalue weighted by atomic mass is 16.6. The van der Waals surface area contributed by atoms with E-state index >= 15 is 0 Å². The van der Waals surface area contributed by atoms with Gasteiger partial charge in [0, 0.05) is 12.0 Å². The zero-order valence-electron chi connectivity index (χ0n) is 17.9. The highest BCUT2D eigenvalue weighted by Crippen LogP contribution is 2.45. The molecule has 0 bridgehead atoms. The molecule has 5 rings (SSSR count). The van der Waals surface area contributed by atoms with Crippen molar-refractivity contribution in [2.45, 2.75) is 43.6 Å². The van der Waals surface area contributed by atoms with E-state index in [0.717, 1.165) is 29.7 Å². The van der Waals surface area contributed by atoms with E-state index in [4.69, 9.17) is 18.9 Å². The third-order valence-corrected chi connectivity index (χ3v) is 6.57. The Morgan fingerprint density at radius 3 is 2.53 bits per heavy atom. The van der Waals surface area contributed by atoms with E-state index in [1.54, 1.807) is 0 Å². The monoisotopic (exact) mass is 437 g/mol. The van der Waals surface area contributed by atoms with Crippen LogP contribution in [0.1, 0.15) is 49.3 Å². The molecule has 2 heterocycles. The fourth-order valence-corrected chi connectivity index (χ4v) is 4.93. The Bertz CT molecular complexity index is 1010. The molecular formula is C25H27NO6. The number of carbonyl (C=O) groups is 2. The molecule has 1 fully saturated rings. The third kappa shape index (κ3) is 3.87. The number of hydrogen-bond acceptors (Lipinski definition) is 6. The van der Waals surface area contributed by atoms with Crippen molar-refractivity contribution in [3.63, 3.8) is 0 Å². The van der Waals surface area contributed by atoms with Crippen LogP contribution < -0.4 is 19.5 Å². The standard InChI is InChI=1S/C25H27NO6/c27-23(26-19-9-12-29-20-6-2-1-5-18(19)20)16-32-24(28)25(10-3-4-11-25)17-7-8-21-22(15-17)31-14-13-30-21/h1-2,5-8,15,19H,3-4,9-14,16H2,(H,26,27). The predicted molar refractivity (Wildman–Crippen MR) is 116 cm³/mol. The van der Waals surface area contributed by atoms with E-state index in [0.29, 0.717) is 50.6 Å². The lowest BCUT2D eigenvalue weighted by atomic mass is 9.78. The average Bonchev–Trinajstić information content (AvgIpc) is 3.34. The summed E-state index contributed by atoms with van der Waals surface area (Å²) >= 11 is 0. The van der Waals surface area contributed by atoms with Crippen LogP contribution in [0.4, 0.5) is 0 Å². The molecule has 0 spiro atoms. The summed E-state index contributed by atoms with van der Waals surface area (Å²) in [5, 5.41) is 2.98. The molecule has 1 amide bonds. The van der Waals surface area contributed by atoms with Gasteiger partial charge >= 0.3 is 5.97 Å². The second-order valence-corrected chi connectivity index (χ2v) is 8.52. The van der Waals surface area contributed by atoms with Crippen molar-refractivity contribution in [2.75, 3.05) is 26.4 Å². The molecular weight excluding hydrogens is 410 g/mol. The Hall–Kier alpha value is -3.22. The summed E-state index contributed by atoms with van der Waals surface area (Å²) in [5.74, 6) is 1.47. The summed E-state index contributed by atoms with van der Waals surface area (Å²) < 4.78 is 22.5. The first-order chi connectivity index (χ1) is 15.7. The van der Waals surface area contributed by atoms with Crippen LogP contribution in [0.2, 0.25) is 0 Å². The number of benzene rings is 2. The van der Waals surface area contributed by atoms with Gasteiger partial charge in [-0.15, -0.1) is 0 Å². The highest BCUT2D eigenvalue weighted by molar-refractivity contribution is 5.87. The van der Waals surface area contributed by atoms with Crippen LogP contribution in [-0.2, 0) is 19.7 Å². The van der Waals surface area contributed by atoms with Gasteiger partial charge in [0.15, 0.2) is 18.1 Å². The molecule has 0 saturated heterocycles. The van der Waals surface area contributed by atoms with Gasteiger partial charge in [0.1, 0.15) is 19.0 Å². The van der Waals surface area contributed by atoms with Gasteiger partial charge in [-0.05, 0) is 36.6 Å². The molecule has 3 aliphatic rings. The normalized spacial score (nSPS) is 20.6. The molecule has 0 aromatic heterocycles. The van der Waals surface area contributed by atoms with E-state index in [1.165, 1.54) is 0 Å². The Labute approximate surface area is 187 Å². The second kappa shape index (κ2) is 8.73. The highest BCUT2D eigenvalue weighted by Gasteiger charge is 2.45. The number of amides is 1. The molecule has 7 heteroatoms. The molecule has 1 unspecified atom stereocenters. The molecule has 32 heavy (non-hydrogen) atoms. The van der Waals surface area contributed by atoms with Crippen molar-refractivity contribution in [1.29, 1.82) is 0 Å². The van der Waals surface area contributed by atoms with Crippen LogP contribution in [0.3, 0.4) is 0 Å². The first kappa shape index (κ1) is 20.7. The molecule has 2 aromatic carbocycles. The van der Waals surface area contributed by atoms with E-state index in [1.807, 2.05) is 42.5 Å². The van der Waals surface area contributed by atoms with E-state index < -0.39 is 5.41 Å². The minimum Gasteiger partial charge on any atom is -0.493 e. The van der Waals surface area contributed by atoms with Crippen LogP contribution >= 0.6 is 0 Å². The summed E-state index contributed by atoms with van der Waals surface area (Å²) in [6, 6.07) is 13.2. The quantitative estimate of drug-likeness (QED) is 0.722. The number of para-hydroxylation sites is 1. The zero-order chi connectivity index (χ0) is 22.0. The minimum atomic E-state index is -0.749. The lowest BCUT2D eigenvalue weighted by Crippen LogP contribution is -2.39. The molecule has 0 radical (unpaired) electrons. The van der Waals surface area contributed by atoms with Crippen molar-refractivity contribution < 1.29 is 28.5 Å². The number of esters is 1. The Kier molecular flexibility index (Phi) is 5.64. The van der Waals surface area contributed by atoms with Gasteiger partial charge < -0.3 is 24.3 Å². The fourth-order valence-electron chi connectivity index (χ4n) is 4.93.